The zero-order chi connectivity index (χ0) is 16.3. The van der Waals surface area contributed by atoms with Gasteiger partial charge in [0.1, 0.15) is 9.84 Å². The third-order valence-corrected chi connectivity index (χ3v) is 5.70. The quantitative estimate of drug-likeness (QED) is 0.765. The highest BCUT2D eigenvalue weighted by molar-refractivity contribution is 7.91. The van der Waals surface area contributed by atoms with Crippen LogP contribution in [0.4, 0.5) is 0 Å². The van der Waals surface area contributed by atoms with Gasteiger partial charge >= 0.3 is 0 Å². The van der Waals surface area contributed by atoms with Crippen molar-refractivity contribution in [1.82, 2.24) is 10.0 Å². The van der Waals surface area contributed by atoms with Crippen molar-refractivity contribution >= 4 is 19.9 Å². The minimum Gasteiger partial charge on any atom is -0.313 e. The predicted octanol–water partition coefficient (Wildman–Crippen LogP) is 0.678. The monoisotopic (exact) mass is 334 g/mol. The van der Waals surface area contributed by atoms with Crippen LogP contribution in [0.15, 0.2) is 29.2 Å². The summed E-state index contributed by atoms with van der Waals surface area (Å²) in [6.45, 7) is 3.45. The first-order valence-electron chi connectivity index (χ1n) is 6.52. The van der Waals surface area contributed by atoms with Gasteiger partial charge in [-0.15, -0.1) is 0 Å². The average molecular weight is 334 g/mol. The molecule has 0 aliphatic carbocycles. The number of benzene rings is 1. The summed E-state index contributed by atoms with van der Waals surface area (Å²) in [5.74, 6) is -0.237. The summed E-state index contributed by atoms with van der Waals surface area (Å²) in [6.07, 6.45) is 1.08. The largest absolute Gasteiger partial charge is 0.313 e. The number of hydrogen-bond acceptors (Lipinski definition) is 5. The Hall–Kier alpha value is -0.960. The standard InChI is InChI=1S/C13H22N2O4S2/c1-10(9-20(4,16)17)15-21(18,19)13-7-5-6-12(8-13)11(2)14-3/h5-8,10-11,14-15H,9H2,1-4H3. The summed E-state index contributed by atoms with van der Waals surface area (Å²) in [4.78, 5) is 0.127. The fourth-order valence-electron chi connectivity index (χ4n) is 1.94. The molecule has 1 aromatic carbocycles. The summed E-state index contributed by atoms with van der Waals surface area (Å²) in [7, 11) is -5.19. The van der Waals surface area contributed by atoms with E-state index in [0.717, 1.165) is 11.8 Å². The van der Waals surface area contributed by atoms with Gasteiger partial charge in [-0.2, -0.15) is 0 Å². The van der Waals surface area contributed by atoms with Crippen LogP contribution in [0.3, 0.4) is 0 Å². The fraction of sp³-hybridized carbons (Fsp3) is 0.538. The summed E-state index contributed by atoms with van der Waals surface area (Å²) >= 11 is 0. The van der Waals surface area contributed by atoms with Crippen LogP contribution < -0.4 is 10.0 Å². The van der Waals surface area contributed by atoms with Crippen molar-refractivity contribution in [3.8, 4) is 0 Å². The SMILES string of the molecule is CNC(C)c1cccc(S(=O)(=O)NC(C)CS(C)(=O)=O)c1. The third-order valence-electron chi connectivity index (χ3n) is 3.01. The molecule has 2 N–H and O–H groups in total. The van der Waals surface area contributed by atoms with Crippen LogP contribution in [0, 0.1) is 0 Å². The molecule has 0 amide bonds. The first kappa shape index (κ1) is 18.1. The van der Waals surface area contributed by atoms with Gasteiger partial charge in [-0.1, -0.05) is 12.1 Å². The van der Waals surface area contributed by atoms with Gasteiger partial charge in [0.25, 0.3) is 0 Å². The fourth-order valence-corrected chi connectivity index (χ4v) is 4.33. The molecule has 6 nitrogen and oxygen atoms in total. The number of rotatable bonds is 7. The number of hydrogen-bond donors (Lipinski definition) is 2. The van der Waals surface area contributed by atoms with E-state index in [0.29, 0.717) is 0 Å². The zero-order valence-electron chi connectivity index (χ0n) is 12.6. The van der Waals surface area contributed by atoms with Gasteiger partial charge in [0.2, 0.25) is 10.0 Å². The van der Waals surface area contributed by atoms with E-state index in [1.54, 1.807) is 19.2 Å². The summed E-state index contributed by atoms with van der Waals surface area (Å²) < 4.78 is 49.3. The molecule has 0 aliphatic rings. The molecule has 2 atom stereocenters. The molecule has 0 aromatic heterocycles. The highest BCUT2D eigenvalue weighted by Gasteiger charge is 2.20. The Labute approximate surface area is 126 Å². The maximum atomic E-state index is 12.3. The molecule has 0 spiro atoms. The van der Waals surface area contributed by atoms with Crippen LogP contribution in [0.25, 0.3) is 0 Å². The molecule has 8 heteroatoms. The Morgan fingerprint density at radius 2 is 1.76 bits per heavy atom. The highest BCUT2D eigenvalue weighted by atomic mass is 32.2. The normalized spacial score (nSPS) is 15.6. The lowest BCUT2D eigenvalue weighted by molar-refractivity contribution is 0.564. The van der Waals surface area contributed by atoms with E-state index in [1.165, 1.54) is 13.0 Å². The molecular weight excluding hydrogens is 312 g/mol. The Morgan fingerprint density at radius 3 is 2.29 bits per heavy atom. The van der Waals surface area contributed by atoms with Gasteiger partial charge < -0.3 is 5.32 Å². The lowest BCUT2D eigenvalue weighted by atomic mass is 10.1. The predicted molar refractivity (Wildman–Crippen MR) is 83.4 cm³/mol. The molecule has 2 unspecified atom stereocenters. The van der Waals surface area contributed by atoms with E-state index in [1.807, 2.05) is 13.0 Å². The van der Waals surface area contributed by atoms with E-state index in [9.17, 15) is 16.8 Å². The minimum absolute atomic E-state index is 0.0218. The molecule has 21 heavy (non-hydrogen) atoms. The topological polar surface area (TPSA) is 92.3 Å². The van der Waals surface area contributed by atoms with Gasteiger partial charge in [-0.3, -0.25) is 0 Å². The first-order chi connectivity index (χ1) is 9.55. The lowest BCUT2D eigenvalue weighted by Crippen LogP contribution is -2.37. The number of sulfonamides is 1. The van der Waals surface area contributed by atoms with Crippen LogP contribution in [0.5, 0.6) is 0 Å². The molecule has 120 valence electrons. The van der Waals surface area contributed by atoms with E-state index in [4.69, 9.17) is 0 Å². The van der Waals surface area contributed by atoms with Gasteiger partial charge in [-0.25, -0.2) is 21.6 Å². The molecule has 0 fully saturated rings. The van der Waals surface area contributed by atoms with Crippen molar-refractivity contribution in [2.24, 2.45) is 0 Å². The van der Waals surface area contributed by atoms with Crippen LogP contribution in [-0.2, 0) is 19.9 Å². The second-order valence-corrected chi connectivity index (χ2v) is 9.10. The molecule has 0 saturated carbocycles. The number of sulfone groups is 1. The Kier molecular flexibility index (Phi) is 5.92. The molecule has 0 aliphatic heterocycles. The molecule has 1 aromatic rings. The summed E-state index contributed by atoms with van der Waals surface area (Å²) in [5, 5.41) is 3.04. The Bertz CT molecular complexity index is 684. The molecule has 0 saturated heterocycles. The van der Waals surface area contributed by atoms with Crippen molar-refractivity contribution in [3.63, 3.8) is 0 Å². The second-order valence-electron chi connectivity index (χ2n) is 5.20. The maximum absolute atomic E-state index is 12.3. The first-order valence-corrected chi connectivity index (χ1v) is 10.1. The third kappa shape index (κ3) is 5.74. The highest BCUT2D eigenvalue weighted by Crippen LogP contribution is 2.17. The van der Waals surface area contributed by atoms with E-state index >= 15 is 0 Å². The van der Waals surface area contributed by atoms with Crippen molar-refractivity contribution in [2.45, 2.75) is 30.8 Å². The summed E-state index contributed by atoms with van der Waals surface area (Å²) in [5.41, 5.74) is 0.844. The van der Waals surface area contributed by atoms with Crippen LogP contribution in [0.1, 0.15) is 25.5 Å². The van der Waals surface area contributed by atoms with Crippen molar-refractivity contribution in [2.75, 3.05) is 19.1 Å². The van der Waals surface area contributed by atoms with E-state index in [2.05, 4.69) is 10.0 Å². The van der Waals surface area contributed by atoms with Gasteiger partial charge in [-0.05, 0) is 38.6 Å². The van der Waals surface area contributed by atoms with Crippen LogP contribution in [0.2, 0.25) is 0 Å². The van der Waals surface area contributed by atoms with Gasteiger partial charge in [0, 0.05) is 18.3 Å². The van der Waals surface area contributed by atoms with Crippen molar-refractivity contribution in [1.29, 1.82) is 0 Å². The Morgan fingerprint density at radius 1 is 1.14 bits per heavy atom. The van der Waals surface area contributed by atoms with E-state index < -0.39 is 25.9 Å². The summed E-state index contributed by atoms with van der Waals surface area (Å²) in [6, 6.07) is 5.90. The average Bonchev–Trinajstić information content (AvgIpc) is 2.35. The van der Waals surface area contributed by atoms with Crippen LogP contribution >= 0.6 is 0 Å². The van der Waals surface area contributed by atoms with Gasteiger partial charge in [0.05, 0.1) is 10.6 Å². The van der Waals surface area contributed by atoms with Crippen molar-refractivity contribution < 1.29 is 16.8 Å². The molecule has 0 bridgehead atoms. The lowest BCUT2D eigenvalue weighted by Gasteiger charge is -2.15. The molecular formula is C13H22N2O4S2. The molecule has 0 radical (unpaired) electrons. The number of nitrogens with one attached hydrogen (secondary N) is 2. The van der Waals surface area contributed by atoms with Crippen molar-refractivity contribution in [3.05, 3.63) is 29.8 Å². The maximum Gasteiger partial charge on any atom is 0.240 e. The smallest absolute Gasteiger partial charge is 0.240 e. The zero-order valence-corrected chi connectivity index (χ0v) is 14.3. The molecule has 0 heterocycles. The Balaban J connectivity index is 2.98. The second kappa shape index (κ2) is 6.87. The van der Waals surface area contributed by atoms with Gasteiger partial charge in [0.15, 0.2) is 0 Å². The minimum atomic E-state index is -3.74. The van der Waals surface area contributed by atoms with E-state index in [-0.39, 0.29) is 16.7 Å². The van der Waals surface area contributed by atoms with Crippen LogP contribution in [-0.4, -0.2) is 41.9 Å². The molecule has 1 rings (SSSR count).